The molecule has 0 spiro atoms. The molecule has 0 aliphatic carbocycles. The van der Waals surface area contributed by atoms with Gasteiger partial charge in [-0.2, -0.15) is 0 Å². The number of benzene rings is 1. The second kappa shape index (κ2) is 6.30. The SMILES string of the molecule is CCn1c(-c2ccccc2S(C)(=O)=O)nc2sc(SC)nc2c1=O. The van der Waals surface area contributed by atoms with Gasteiger partial charge in [0.25, 0.3) is 5.56 Å². The molecule has 0 aliphatic heterocycles. The molecule has 3 rings (SSSR count). The second-order valence-corrected chi connectivity index (χ2v) is 9.11. The number of hydrogen-bond donors (Lipinski definition) is 0. The third-order valence-electron chi connectivity index (χ3n) is 3.52. The molecular formula is C15H15N3O3S3. The highest BCUT2D eigenvalue weighted by molar-refractivity contribution is 8.00. The van der Waals surface area contributed by atoms with Crippen LogP contribution in [0.15, 0.2) is 38.3 Å². The predicted octanol–water partition coefficient (Wildman–Crippen LogP) is 2.67. The summed E-state index contributed by atoms with van der Waals surface area (Å²) in [5.41, 5.74) is 0.504. The fourth-order valence-corrected chi connectivity index (χ4v) is 4.75. The Morgan fingerprint density at radius 3 is 2.58 bits per heavy atom. The molecular weight excluding hydrogens is 366 g/mol. The molecule has 0 unspecified atom stereocenters. The first-order valence-electron chi connectivity index (χ1n) is 7.11. The van der Waals surface area contributed by atoms with Crippen molar-refractivity contribution >= 4 is 43.3 Å². The van der Waals surface area contributed by atoms with Crippen molar-refractivity contribution in [2.75, 3.05) is 12.5 Å². The number of fused-ring (bicyclic) bond motifs is 1. The summed E-state index contributed by atoms with van der Waals surface area (Å²) in [5, 5.41) is 0. The minimum Gasteiger partial charge on any atom is -0.291 e. The standard InChI is InChI=1S/C15H15N3O3S3/c1-4-18-12(9-7-5-6-8-10(9)24(3,20)21)17-13-11(14(18)19)16-15(22-2)23-13/h5-8H,4H2,1-3H3. The van der Waals surface area contributed by atoms with E-state index in [1.54, 1.807) is 18.2 Å². The molecule has 0 amide bonds. The number of nitrogens with zero attached hydrogens (tertiary/aromatic N) is 3. The summed E-state index contributed by atoms with van der Waals surface area (Å²) in [5.74, 6) is 0.354. The molecule has 0 N–H and O–H groups in total. The van der Waals surface area contributed by atoms with Gasteiger partial charge in [-0.25, -0.2) is 18.4 Å². The van der Waals surface area contributed by atoms with E-state index in [0.717, 1.165) is 10.6 Å². The van der Waals surface area contributed by atoms with Gasteiger partial charge in [0, 0.05) is 18.4 Å². The summed E-state index contributed by atoms with van der Waals surface area (Å²) < 4.78 is 26.4. The van der Waals surface area contributed by atoms with Crippen LogP contribution >= 0.6 is 23.1 Å². The van der Waals surface area contributed by atoms with Crippen molar-refractivity contribution < 1.29 is 8.42 Å². The van der Waals surface area contributed by atoms with Crippen molar-refractivity contribution in [3.63, 3.8) is 0 Å². The van der Waals surface area contributed by atoms with Gasteiger partial charge in [0.2, 0.25) is 0 Å². The maximum atomic E-state index is 12.8. The smallest absolute Gasteiger partial charge is 0.281 e. The number of thiazole rings is 1. The molecule has 9 heteroatoms. The predicted molar refractivity (Wildman–Crippen MR) is 97.7 cm³/mol. The molecule has 2 aromatic heterocycles. The highest BCUT2D eigenvalue weighted by Gasteiger charge is 2.21. The molecule has 0 saturated heterocycles. The van der Waals surface area contributed by atoms with Crippen LogP contribution in [0, 0.1) is 0 Å². The molecule has 126 valence electrons. The molecule has 3 aromatic rings. The van der Waals surface area contributed by atoms with E-state index in [4.69, 9.17) is 0 Å². The average molecular weight is 382 g/mol. The molecule has 24 heavy (non-hydrogen) atoms. The minimum atomic E-state index is -3.44. The van der Waals surface area contributed by atoms with Gasteiger partial charge in [-0.05, 0) is 25.3 Å². The lowest BCUT2D eigenvalue weighted by Crippen LogP contribution is -2.23. The van der Waals surface area contributed by atoms with Gasteiger partial charge in [0.1, 0.15) is 5.82 Å². The number of rotatable bonds is 4. The van der Waals surface area contributed by atoms with E-state index in [9.17, 15) is 13.2 Å². The van der Waals surface area contributed by atoms with Gasteiger partial charge in [0.15, 0.2) is 24.5 Å². The Morgan fingerprint density at radius 2 is 1.96 bits per heavy atom. The lowest BCUT2D eigenvalue weighted by atomic mass is 10.2. The second-order valence-electron chi connectivity index (χ2n) is 5.09. The Hall–Kier alpha value is -1.71. The van der Waals surface area contributed by atoms with Gasteiger partial charge < -0.3 is 0 Å². The Kier molecular flexibility index (Phi) is 4.50. The molecule has 0 radical (unpaired) electrons. The summed E-state index contributed by atoms with van der Waals surface area (Å²) in [7, 11) is -3.44. The normalized spacial score (nSPS) is 12.0. The summed E-state index contributed by atoms with van der Waals surface area (Å²) in [6, 6.07) is 6.60. The molecule has 0 aliphatic rings. The van der Waals surface area contributed by atoms with Crippen LogP contribution in [0.25, 0.3) is 21.7 Å². The molecule has 2 heterocycles. The van der Waals surface area contributed by atoms with E-state index >= 15 is 0 Å². The van der Waals surface area contributed by atoms with Crippen molar-refractivity contribution in [1.82, 2.24) is 14.5 Å². The van der Waals surface area contributed by atoms with Gasteiger partial charge in [-0.1, -0.05) is 35.2 Å². The average Bonchev–Trinajstić information content (AvgIpc) is 2.97. The Bertz CT molecular complexity index is 1080. The van der Waals surface area contributed by atoms with Crippen molar-refractivity contribution in [2.24, 2.45) is 0 Å². The number of hydrogen-bond acceptors (Lipinski definition) is 7. The highest BCUT2D eigenvalue weighted by atomic mass is 32.2. The topological polar surface area (TPSA) is 81.9 Å². The third-order valence-corrected chi connectivity index (χ3v) is 6.61. The van der Waals surface area contributed by atoms with Crippen LogP contribution in [0.2, 0.25) is 0 Å². The molecule has 0 atom stereocenters. The van der Waals surface area contributed by atoms with Crippen LogP contribution in [0.5, 0.6) is 0 Å². The summed E-state index contributed by atoms with van der Waals surface area (Å²) >= 11 is 2.78. The van der Waals surface area contributed by atoms with Crippen molar-refractivity contribution in [2.45, 2.75) is 22.7 Å². The highest BCUT2D eigenvalue weighted by Crippen LogP contribution is 2.29. The quantitative estimate of drug-likeness (QED) is 0.646. The van der Waals surface area contributed by atoms with Crippen LogP contribution in [0.1, 0.15) is 6.92 Å². The monoisotopic (exact) mass is 381 g/mol. The van der Waals surface area contributed by atoms with Crippen molar-refractivity contribution in [3.8, 4) is 11.4 Å². The minimum absolute atomic E-state index is 0.160. The van der Waals surface area contributed by atoms with E-state index < -0.39 is 9.84 Å². The van der Waals surface area contributed by atoms with Crippen LogP contribution in [-0.4, -0.2) is 35.5 Å². The number of sulfone groups is 1. The third kappa shape index (κ3) is 2.87. The Labute approximate surface area is 147 Å². The van der Waals surface area contributed by atoms with E-state index in [-0.39, 0.29) is 10.5 Å². The van der Waals surface area contributed by atoms with Crippen LogP contribution in [0.3, 0.4) is 0 Å². The van der Waals surface area contributed by atoms with Gasteiger partial charge >= 0.3 is 0 Å². The lowest BCUT2D eigenvalue weighted by molar-refractivity contribution is 0.602. The maximum Gasteiger partial charge on any atom is 0.281 e. The van der Waals surface area contributed by atoms with Gasteiger partial charge in [-0.15, -0.1) is 0 Å². The lowest BCUT2D eigenvalue weighted by Gasteiger charge is -2.12. The zero-order valence-corrected chi connectivity index (χ0v) is 15.8. The van der Waals surface area contributed by atoms with Gasteiger partial charge in [0.05, 0.1) is 4.90 Å². The van der Waals surface area contributed by atoms with Crippen LogP contribution in [-0.2, 0) is 16.4 Å². The Morgan fingerprint density at radius 1 is 1.25 bits per heavy atom. The molecule has 0 fully saturated rings. The summed E-state index contributed by atoms with van der Waals surface area (Å²) in [6.07, 6.45) is 3.03. The van der Waals surface area contributed by atoms with Crippen LogP contribution in [0.4, 0.5) is 0 Å². The van der Waals surface area contributed by atoms with E-state index in [1.807, 2.05) is 13.2 Å². The van der Waals surface area contributed by atoms with Gasteiger partial charge in [-0.3, -0.25) is 9.36 Å². The number of thioether (sulfide) groups is 1. The maximum absolute atomic E-state index is 12.8. The molecule has 6 nitrogen and oxygen atoms in total. The first-order chi connectivity index (χ1) is 11.4. The Balaban J connectivity index is 2.41. The van der Waals surface area contributed by atoms with E-state index in [0.29, 0.717) is 28.3 Å². The van der Waals surface area contributed by atoms with Crippen LogP contribution < -0.4 is 5.56 Å². The fourth-order valence-electron chi connectivity index (χ4n) is 2.45. The fraction of sp³-hybridized carbons (Fsp3) is 0.267. The van der Waals surface area contributed by atoms with Crippen molar-refractivity contribution in [1.29, 1.82) is 0 Å². The molecule has 0 saturated carbocycles. The largest absolute Gasteiger partial charge is 0.291 e. The summed E-state index contributed by atoms with van der Waals surface area (Å²) in [6.45, 7) is 2.20. The first-order valence-corrected chi connectivity index (χ1v) is 11.0. The zero-order chi connectivity index (χ0) is 17.5. The van der Waals surface area contributed by atoms with E-state index in [2.05, 4.69) is 9.97 Å². The molecule has 1 aromatic carbocycles. The van der Waals surface area contributed by atoms with Crippen molar-refractivity contribution in [3.05, 3.63) is 34.6 Å². The summed E-state index contributed by atoms with van der Waals surface area (Å²) in [4.78, 5) is 22.3. The number of aromatic nitrogens is 3. The van der Waals surface area contributed by atoms with E-state index in [1.165, 1.54) is 33.7 Å². The zero-order valence-electron chi connectivity index (χ0n) is 13.3. The first kappa shape index (κ1) is 17.1. The molecule has 0 bridgehead atoms.